The van der Waals surface area contributed by atoms with Crippen molar-refractivity contribution in [3.05, 3.63) is 71.3 Å². The number of aryl methyl sites for hydroxylation is 1. The predicted molar refractivity (Wildman–Crippen MR) is 91.6 cm³/mol. The van der Waals surface area contributed by atoms with Crippen molar-refractivity contribution in [2.75, 3.05) is 0 Å². The fourth-order valence-corrected chi connectivity index (χ4v) is 3.16. The normalized spacial score (nSPS) is 13.3. The first-order chi connectivity index (χ1) is 12.3. The summed E-state index contributed by atoms with van der Waals surface area (Å²) >= 11 is 0. The van der Waals surface area contributed by atoms with E-state index in [0.717, 1.165) is 52.9 Å². The molecule has 0 aliphatic heterocycles. The number of ether oxygens (including phenoxy) is 1. The van der Waals surface area contributed by atoms with Crippen LogP contribution in [0.25, 0.3) is 11.1 Å². The average Bonchev–Trinajstić information content (AvgIpc) is 2.66. The van der Waals surface area contributed by atoms with E-state index in [-0.39, 0.29) is 0 Å². The molecule has 3 aromatic heterocycles. The zero-order valence-corrected chi connectivity index (χ0v) is 13.8. The van der Waals surface area contributed by atoms with E-state index in [1.807, 2.05) is 24.3 Å². The summed E-state index contributed by atoms with van der Waals surface area (Å²) in [7, 11) is 0. The van der Waals surface area contributed by atoms with E-state index in [1.54, 1.807) is 18.6 Å². The van der Waals surface area contributed by atoms with Crippen LogP contribution >= 0.6 is 0 Å². The summed E-state index contributed by atoms with van der Waals surface area (Å²) in [6.45, 7) is 0.362. The molecule has 0 saturated carbocycles. The van der Waals surface area contributed by atoms with Crippen molar-refractivity contribution in [1.29, 1.82) is 0 Å². The molecule has 0 amide bonds. The molecule has 1 aliphatic rings. The monoisotopic (exact) mass is 334 g/mol. The molecule has 4 rings (SSSR count). The van der Waals surface area contributed by atoms with Gasteiger partial charge in [0.1, 0.15) is 12.8 Å². The van der Waals surface area contributed by atoms with Gasteiger partial charge in [0.25, 0.3) is 6.33 Å². The Bertz CT molecular complexity index is 884. The molecule has 3 aromatic rings. The minimum atomic E-state index is 0.362. The summed E-state index contributed by atoms with van der Waals surface area (Å²) < 4.78 is 6.59. The summed E-state index contributed by atoms with van der Waals surface area (Å²) in [6.07, 6.45) is 10.4. The Labute approximate surface area is 145 Å². The van der Waals surface area contributed by atoms with Gasteiger partial charge in [-0.2, -0.15) is 0 Å². The van der Waals surface area contributed by atoms with Crippen LogP contribution < -0.4 is 9.47 Å². The number of pyridine rings is 2. The first kappa shape index (κ1) is 15.5. The lowest BCUT2D eigenvalue weighted by molar-refractivity contribution is -0.608. The second kappa shape index (κ2) is 6.84. The summed E-state index contributed by atoms with van der Waals surface area (Å²) in [5.74, 6) is 0.558. The predicted octanol–water partition coefficient (Wildman–Crippen LogP) is 2.63. The quantitative estimate of drug-likeness (QED) is 0.541. The molecule has 0 N–H and O–H groups in total. The molecule has 25 heavy (non-hydrogen) atoms. The number of hydrogen-bond acceptors (Lipinski definition) is 5. The summed E-state index contributed by atoms with van der Waals surface area (Å²) in [5, 5.41) is 11.6. The molecular formula is C19H18N4O2. The van der Waals surface area contributed by atoms with Gasteiger partial charge in [0.05, 0.1) is 11.3 Å². The highest BCUT2D eigenvalue weighted by molar-refractivity contribution is 5.67. The van der Waals surface area contributed by atoms with Crippen molar-refractivity contribution in [2.24, 2.45) is 0 Å². The largest absolute Gasteiger partial charge is 0.711 e. The van der Waals surface area contributed by atoms with E-state index in [0.29, 0.717) is 12.5 Å². The highest BCUT2D eigenvalue weighted by atomic mass is 16.5. The molecule has 3 heterocycles. The molecule has 126 valence electrons. The second-order valence-corrected chi connectivity index (χ2v) is 6.09. The number of nitrogens with zero attached hydrogens (tertiary/aromatic N) is 4. The minimum Gasteiger partial charge on any atom is -0.711 e. The van der Waals surface area contributed by atoms with Crippen LogP contribution in [0.4, 0.5) is 0 Å². The molecule has 6 nitrogen and oxygen atoms in total. The maximum atomic E-state index is 11.6. The molecule has 0 unspecified atom stereocenters. The van der Waals surface area contributed by atoms with Gasteiger partial charge in [-0.3, -0.25) is 4.98 Å². The number of rotatable bonds is 4. The first-order valence-corrected chi connectivity index (χ1v) is 8.39. The molecule has 0 atom stereocenters. The van der Waals surface area contributed by atoms with Crippen molar-refractivity contribution < 1.29 is 9.47 Å². The number of hydrogen-bond donors (Lipinski definition) is 0. The molecule has 0 spiro atoms. The van der Waals surface area contributed by atoms with Gasteiger partial charge in [0, 0.05) is 18.0 Å². The number of aromatic nitrogens is 4. The van der Waals surface area contributed by atoms with Gasteiger partial charge in [0.15, 0.2) is 6.20 Å². The van der Waals surface area contributed by atoms with Crippen LogP contribution in [0, 0.1) is 5.21 Å². The standard InChI is InChI=1S/C19H18N4O2/c24-23-11-14(10-20-13-23)17-9-19(22-18-7-2-1-6-16(17)18)25-12-15-5-3-4-8-21-15/h3-5,8-11,13H,1-2,6-7,12H2. The van der Waals surface area contributed by atoms with Crippen molar-refractivity contribution in [1.82, 2.24) is 15.0 Å². The molecular weight excluding hydrogens is 316 g/mol. The van der Waals surface area contributed by atoms with E-state index >= 15 is 0 Å². The van der Waals surface area contributed by atoms with Gasteiger partial charge in [-0.15, -0.1) is 0 Å². The lowest BCUT2D eigenvalue weighted by atomic mass is 9.90. The van der Waals surface area contributed by atoms with Crippen molar-refractivity contribution in [2.45, 2.75) is 32.3 Å². The zero-order chi connectivity index (χ0) is 17.1. The van der Waals surface area contributed by atoms with E-state index in [1.165, 1.54) is 11.9 Å². The molecule has 0 radical (unpaired) electrons. The highest BCUT2D eigenvalue weighted by Crippen LogP contribution is 2.32. The van der Waals surface area contributed by atoms with E-state index in [9.17, 15) is 5.21 Å². The maximum absolute atomic E-state index is 11.6. The SMILES string of the molecule is [O-][n+]1cncc(-c2cc(OCc3ccccn3)nc3c2CCCC3)c1. The molecule has 0 saturated heterocycles. The molecule has 0 fully saturated rings. The van der Waals surface area contributed by atoms with Crippen molar-refractivity contribution in [3.8, 4) is 17.0 Å². The van der Waals surface area contributed by atoms with E-state index in [2.05, 4.69) is 15.0 Å². The molecule has 1 aliphatic carbocycles. The van der Waals surface area contributed by atoms with E-state index < -0.39 is 0 Å². The molecule has 0 aromatic carbocycles. The van der Waals surface area contributed by atoms with Crippen LogP contribution in [0.15, 0.2) is 49.2 Å². The van der Waals surface area contributed by atoms with Crippen molar-refractivity contribution in [3.63, 3.8) is 0 Å². The lowest BCUT2D eigenvalue weighted by Gasteiger charge is -2.20. The summed E-state index contributed by atoms with van der Waals surface area (Å²) in [4.78, 5) is 13.0. The van der Waals surface area contributed by atoms with Crippen LogP contribution in [0.3, 0.4) is 0 Å². The van der Waals surface area contributed by atoms with Gasteiger partial charge >= 0.3 is 0 Å². The summed E-state index contributed by atoms with van der Waals surface area (Å²) in [6, 6.07) is 7.63. The lowest BCUT2D eigenvalue weighted by Crippen LogP contribution is -2.25. The number of fused-ring (bicyclic) bond motifs is 1. The Hall–Kier alpha value is -3.02. The van der Waals surface area contributed by atoms with Crippen LogP contribution in [-0.2, 0) is 19.4 Å². The average molecular weight is 334 g/mol. The summed E-state index contributed by atoms with van der Waals surface area (Å²) in [5.41, 5.74) is 4.88. The fraction of sp³-hybridized carbons (Fsp3) is 0.263. The fourth-order valence-electron chi connectivity index (χ4n) is 3.16. The third kappa shape index (κ3) is 3.42. The third-order valence-electron chi connectivity index (χ3n) is 4.34. The maximum Gasteiger partial charge on any atom is 0.289 e. The topological polar surface area (TPSA) is 74.8 Å². The minimum absolute atomic E-state index is 0.362. The Morgan fingerprint density at radius 2 is 2.12 bits per heavy atom. The van der Waals surface area contributed by atoms with Gasteiger partial charge in [-0.05, 0) is 48.9 Å². The molecule has 0 bridgehead atoms. The van der Waals surface area contributed by atoms with Crippen LogP contribution in [0.5, 0.6) is 5.88 Å². The Morgan fingerprint density at radius 3 is 2.96 bits per heavy atom. The van der Waals surface area contributed by atoms with Gasteiger partial charge in [0.2, 0.25) is 5.88 Å². The van der Waals surface area contributed by atoms with Crippen molar-refractivity contribution >= 4 is 0 Å². The van der Waals surface area contributed by atoms with Gasteiger partial charge < -0.3 is 9.94 Å². The van der Waals surface area contributed by atoms with Gasteiger partial charge in [-0.25, -0.2) is 9.71 Å². The van der Waals surface area contributed by atoms with Crippen LogP contribution in [0.2, 0.25) is 0 Å². The van der Waals surface area contributed by atoms with Crippen LogP contribution in [0.1, 0.15) is 29.8 Å². The van der Waals surface area contributed by atoms with E-state index in [4.69, 9.17) is 4.74 Å². The Morgan fingerprint density at radius 1 is 1.20 bits per heavy atom. The Kier molecular flexibility index (Phi) is 4.24. The highest BCUT2D eigenvalue weighted by Gasteiger charge is 2.19. The Balaban J connectivity index is 1.70. The zero-order valence-electron chi connectivity index (χ0n) is 13.8. The van der Waals surface area contributed by atoms with Gasteiger partial charge in [-0.1, -0.05) is 11.1 Å². The third-order valence-corrected chi connectivity index (χ3v) is 4.34. The van der Waals surface area contributed by atoms with Crippen LogP contribution in [-0.4, -0.2) is 15.0 Å². The first-order valence-electron chi connectivity index (χ1n) is 8.39. The second-order valence-electron chi connectivity index (χ2n) is 6.09. The molecule has 6 heteroatoms. The smallest absolute Gasteiger partial charge is 0.289 e.